The van der Waals surface area contributed by atoms with E-state index in [1.54, 1.807) is 6.08 Å². The number of nitrogens with one attached hydrogen (secondary N) is 1. The van der Waals surface area contributed by atoms with E-state index in [1.165, 1.54) is 27.7 Å². The molecule has 0 fully saturated rings. The summed E-state index contributed by atoms with van der Waals surface area (Å²) in [6.07, 6.45) is 5.38. The minimum absolute atomic E-state index is 0.0921. The quantitative estimate of drug-likeness (QED) is 0.705. The number of H-pyrrole nitrogens is 1. The molecule has 0 atom stereocenters. The van der Waals surface area contributed by atoms with Crippen LogP contribution < -0.4 is 0 Å². The molecule has 3 heteroatoms. The zero-order chi connectivity index (χ0) is 17.2. The highest BCUT2D eigenvalue weighted by atomic mass is 16.2. The summed E-state index contributed by atoms with van der Waals surface area (Å²) in [4.78, 5) is 18.0. The molecule has 1 aliphatic rings. The highest BCUT2D eigenvalue weighted by Crippen LogP contribution is 2.26. The number of aromatic nitrogens is 1. The first-order valence-corrected chi connectivity index (χ1v) is 8.83. The minimum atomic E-state index is 0.0921. The molecule has 2 heterocycles. The molecule has 4 rings (SSSR count). The highest BCUT2D eigenvalue weighted by Gasteiger charge is 2.20. The Morgan fingerprint density at radius 3 is 2.72 bits per heavy atom. The summed E-state index contributed by atoms with van der Waals surface area (Å²) in [5, 5.41) is 1.31. The van der Waals surface area contributed by atoms with Crippen LogP contribution in [0, 0.1) is 6.92 Å². The number of amides is 1. The van der Waals surface area contributed by atoms with Gasteiger partial charge in [0.15, 0.2) is 0 Å². The summed E-state index contributed by atoms with van der Waals surface area (Å²) in [6.45, 7) is 3.66. The molecular weight excluding hydrogens is 308 g/mol. The molecule has 1 amide bonds. The van der Waals surface area contributed by atoms with Crippen molar-refractivity contribution < 1.29 is 4.79 Å². The van der Waals surface area contributed by atoms with Crippen molar-refractivity contribution in [3.63, 3.8) is 0 Å². The molecule has 0 saturated carbocycles. The van der Waals surface area contributed by atoms with Crippen molar-refractivity contribution in [2.75, 3.05) is 13.1 Å². The van der Waals surface area contributed by atoms with Crippen molar-refractivity contribution in [1.82, 2.24) is 9.88 Å². The summed E-state index contributed by atoms with van der Waals surface area (Å²) in [5.74, 6) is 0.0921. The van der Waals surface area contributed by atoms with Gasteiger partial charge < -0.3 is 9.88 Å². The van der Waals surface area contributed by atoms with Gasteiger partial charge in [0, 0.05) is 42.2 Å². The number of aromatic amines is 1. The first-order chi connectivity index (χ1) is 12.2. The molecule has 0 spiro atoms. The Bertz CT molecular complexity index is 937. The maximum atomic E-state index is 12.5. The van der Waals surface area contributed by atoms with Gasteiger partial charge in [0.1, 0.15) is 0 Å². The SMILES string of the molecule is Cc1ccc2[nH]c3c(c2c1)CCN(C(=O)/C=C/c1ccccc1)CC3. The molecule has 1 aliphatic heterocycles. The van der Waals surface area contributed by atoms with Crippen molar-refractivity contribution in [2.24, 2.45) is 0 Å². The average Bonchev–Trinajstić information content (AvgIpc) is 2.83. The molecule has 0 aliphatic carbocycles. The van der Waals surface area contributed by atoms with E-state index in [-0.39, 0.29) is 5.91 Å². The zero-order valence-corrected chi connectivity index (χ0v) is 14.5. The van der Waals surface area contributed by atoms with Crippen LogP contribution in [0.2, 0.25) is 0 Å². The molecule has 2 aromatic carbocycles. The Morgan fingerprint density at radius 2 is 1.88 bits per heavy atom. The third kappa shape index (κ3) is 3.22. The molecule has 0 radical (unpaired) electrons. The van der Waals surface area contributed by atoms with E-state index in [2.05, 4.69) is 30.1 Å². The average molecular weight is 330 g/mol. The number of benzene rings is 2. The molecule has 25 heavy (non-hydrogen) atoms. The first kappa shape index (κ1) is 15.7. The highest BCUT2D eigenvalue weighted by molar-refractivity contribution is 5.92. The van der Waals surface area contributed by atoms with Gasteiger partial charge in [-0.3, -0.25) is 4.79 Å². The van der Waals surface area contributed by atoms with Gasteiger partial charge in [-0.05, 0) is 42.7 Å². The van der Waals surface area contributed by atoms with Gasteiger partial charge >= 0.3 is 0 Å². The van der Waals surface area contributed by atoms with Crippen LogP contribution in [0.15, 0.2) is 54.6 Å². The van der Waals surface area contributed by atoms with Crippen LogP contribution in [0.5, 0.6) is 0 Å². The smallest absolute Gasteiger partial charge is 0.246 e. The molecule has 1 N–H and O–H groups in total. The predicted molar refractivity (Wildman–Crippen MR) is 102 cm³/mol. The monoisotopic (exact) mass is 330 g/mol. The van der Waals surface area contributed by atoms with Gasteiger partial charge in [-0.1, -0.05) is 42.0 Å². The summed E-state index contributed by atoms with van der Waals surface area (Å²) in [6, 6.07) is 16.5. The molecule has 3 nitrogen and oxygen atoms in total. The lowest BCUT2D eigenvalue weighted by atomic mass is 10.1. The summed E-state index contributed by atoms with van der Waals surface area (Å²) in [7, 11) is 0. The van der Waals surface area contributed by atoms with E-state index in [0.29, 0.717) is 0 Å². The van der Waals surface area contributed by atoms with Gasteiger partial charge in [0.05, 0.1) is 0 Å². The number of aryl methyl sites for hydroxylation is 1. The number of rotatable bonds is 2. The second kappa shape index (κ2) is 6.60. The van der Waals surface area contributed by atoms with Gasteiger partial charge in [0.2, 0.25) is 5.91 Å². The number of hydrogen-bond donors (Lipinski definition) is 1. The van der Waals surface area contributed by atoms with Crippen molar-refractivity contribution >= 4 is 22.9 Å². The lowest BCUT2D eigenvalue weighted by Crippen LogP contribution is -2.31. The molecule has 3 aromatic rings. The summed E-state index contributed by atoms with van der Waals surface area (Å²) >= 11 is 0. The van der Waals surface area contributed by atoms with E-state index in [0.717, 1.165) is 31.5 Å². The van der Waals surface area contributed by atoms with Gasteiger partial charge in [-0.15, -0.1) is 0 Å². The van der Waals surface area contributed by atoms with Crippen LogP contribution in [0.4, 0.5) is 0 Å². The van der Waals surface area contributed by atoms with Gasteiger partial charge in [-0.25, -0.2) is 0 Å². The summed E-state index contributed by atoms with van der Waals surface area (Å²) in [5.41, 5.74) is 6.19. The van der Waals surface area contributed by atoms with Crippen LogP contribution in [-0.4, -0.2) is 28.9 Å². The molecule has 0 unspecified atom stereocenters. The van der Waals surface area contributed by atoms with Crippen LogP contribution >= 0.6 is 0 Å². The molecule has 126 valence electrons. The summed E-state index contributed by atoms with van der Waals surface area (Å²) < 4.78 is 0. The first-order valence-electron chi connectivity index (χ1n) is 8.83. The fourth-order valence-corrected chi connectivity index (χ4v) is 3.58. The van der Waals surface area contributed by atoms with Crippen molar-refractivity contribution in [1.29, 1.82) is 0 Å². The number of carbonyl (C=O) groups is 1. The molecule has 0 bridgehead atoms. The van der Waals surface area contributed by atoms with Crippen molar-refractivity contribution in [2.45, 2.75) is 19.8 Å². The fraction of sp³-hybridized carbons (Fsp3) is 0.227. The fourth-order valence-electron chi connectivity index (χ4n) is 3.58. The molecule has 0 saturated heterocycles. The Balaban J connectivity index is 1.51. The maximum absolute atomic E-state index is 12.5. The standard InChI is InChI=1S/C22H22N2O/c1-16-7-9-20-19(15-16)18-11-13-24(14-12-21(18)23-20)22(25)10-8-17-5-3-2-4-6-17/h2-10,15,23H,11-14H2,1H3/b10-8+. The third-order valence-electron chi connectivity index (χ3n) is 4.94. The number of fused-ring (bicyclic) bond motifs is 3. The molecule has 1 aromatic heterocycles. The van der Waals surface area contributed by atoms with E-state index < -0.39 is 0 Å². The Hall–Kier alpha value is -2.81. The number of carbonyl (C=O) groups excluding carboxylic acids is 1. The largest absolute Gasteiger partial charge is 0.358 e. The van der Waals surface area contributed by atoms with Crippen LogP contribution in [0.1, 0.15) is 22.4 Å². The van der Waals surface area contributed by atoms with Crippen molar-refractivity contribution in [3.05, 3.63) is 77.0 Å². The Morgan fingerprint density at radius 1 is 1.08 bits per heavy atom. The normalized spacial score (nSPS) is 14.7. The Labute approximate surface area is 148 Å². The van der Waals surface area contributed by atoms with Crippen LogP contribution in [0.3, 0.4) is 0 Å². The lowest BCUT2D eigenvalue weighted by molar-refractivity contribution is -0.125. The van der Waals surface area contributed by atoms with E-state index in [1.807, 2.05) is 41.3 Å². The lowest BCUT2D eigenvalue weighted by Gasteiger charge is -2.18. The number of hydrogen-bond acceptors (Lipinski definition) is 1. The molecular formula is C22H22N2O. The second-order valence-electron chi connectivity index (χ2n) is 6.70. The van der Waals surface area contributed by atoms with Crippen LogP contribution in [0.25, 0.3) is 17.0 Å². The van der Waals surface area contributed by atoms with E-state index in [4.69, 9.17) is 0 Å². The Kier molecular flexibility index (Phi) is 4.14. The predicted octanol–water partition coefficient (Wildman–Crippen LogP) is 4.12. The van der Waals surface area contributed by atoms with Gasteiger partial charge in [0.25, 0.3) is 0 Å². The number of nitrogens with zero attached hydrogens (tertiary/aromatic N) is 1. The van der Waals surface area contributed by atoms with Crippen LogP contribution in [-0.2, 0) is 17.6 Å². The second-order valence-corrected chi connectivity index (χ2v) is 6.70. The van der Waals surface area contributed by atoms with E-state index in [9.17, 15) is 4.79 Å². The maximum Gasteiger partial charge on any atom is 0.246 e. The van der Waals surface area contributed by atoms with Crippen molar-refractivity contribution in [3.8, 4) is 0 Å². The van der Waals surface area contributed by atoms with Gasteiger partial charge in [-0.2, -0.15) is 0 Å². The third-order valence-corrected chi connectivity index (χ3v) is 4.94. The van der Waals surface area contributed by atoms with E-state index >= 15 is 0 Å². The topological polar surface area (TPSA) is 36.1 Å². The zero-order valence-electron chi connectivity index (χ0n) is 14.5. The minimum Gasteiger partial charge on any atom is -0.358 e.